The standard InChI is InChI=1S/C10H11BrN2O3S/c1-6-7(11)2-3-8(12-6)13-9(14)4-17-5-10(15)16/h2-3H,4-5H2,1H3,(H,15,16)(H,12,13,14). The van der Waals surface area contributed by atoms with Crippen LogP contribution in [0.15, 0.2) is 16.6 Å². The lowest BCUT2D eigenvalue weighted by Crippen LogP contribution is -2.16. The molecule has 17 heavy (non-hydrogen) atoms. The molecule has 92 valence electrons. The summed E-state index contributed by atoms with van der Waals surface area (Å²) in [6.45, 7) is 1.82. The van der Waals surface area contributed by atoms with Crippen LogP contribution in [-0.2, 0) is 9.59 Å². The molecule has 1 rings (SSSR count). The Morgan fingerprint density at radius 1 is 1.47 bits per heavy atom. The average molecular weight is 319 g/mol. The summed E-state index contributed by atoms with van der Waals surface area (Å²) in [5.41, 5.74) is 0.779. The molecule has 0 saturated heterocycles. The summed E-state index contributed by atoms with van der Waals surface area (Å²) >= 11 is 4.36. The van der Waals surface area contributed by atoms with Gasteiger partial charge in [0, 0.05) is 4.47 Å². The molecule has 0 saturated carbocycles. The lowest BCUT2D eigenvalue weighted by Gasteiger charge is -2.05. The number of aromatic nitrogens is 1. The molecule has 1 aromatic heterocycles. The number of hydrogen-bond donors (Lipinski definition) is 2. The number of carboxylic acids is 1. The molecular formula is C10H11BrN2O3S. The highest BCUT2D eigenvalue weighted by molar-refractivity contribution is 9.10. The Bertz CT molecular complexity index is 440. The van der Waals surface area contributed by atoms with Crippen LogP contribution in [0.2, 0.25) is 0 Å². The maximum Gasteiger partial charge on any atom is 0.313 e. The number of amides is 1. The number of carbonyl (C=O) groups excluding carboxylic acids is 1. The topological polar surface area (TPSA) is 79.3 Å². The second-order valence-corrected chi connectivity index (χ2v) is 5.04. The Labute approximate surface area is 111 Å². The molecule has 0 spiro atoms. The van der Waals surface area contributed by atoms with E-state index in [1.54, 1.807) is 12.1 Å². The van der Waals surface area contributed by atoms with Crippen molar-refractivity contribution in [2.24, 2.45) is 0 Å². The minimum Gasteiger partial charge on any atom is -0.481 e. The fourth-order valence-corrected chi connectivity index (χ4v) is 1.78. The van der Waals surface area contributed by atoms with Gasteiger partial charge in [0.05, 0.1) is 17.2 Å². The second kappa shape index (κ2) is 6.61. The summed E-state index contributed by atoms with van der Waals surface area (Å²) < 4.78 is 0.871. The molecule has 0 aromatic carbocycles. The van der Waals surface area contributed by atoms with Crippen LogP contribution in [-0.4, -0.2) is 33.5 Å². The predicted molar refractivity (Wildman–Crippen MR) is 70.3 cm³/mol. The number of nitrogens with one attached hydrogen (secondary N) is 1. The zero-order valence-electron chi connectivity index (χ0n) is 9.07. The van der Waals surface area contributed by atoms with Crippen LogP contribution in [0.25, 0.3) is 0 Å². The molecule has 1 aromatic rings. The van der Waals surface area contributed by atoms with Gasteiger partial charge in [-0.3, -0.25) is 9.59 Å². The Kier molecular flexibility index (Phi) is 5.43. The first-order chi connectivity index (χ1) is 7.99. The van der Waals surface area contributed by atoms with E-state index >= 15 is 0 Å². The molecule has 0 fully saturated rings. The van der Waals surface area contributed by atoms with Crippen LogP contribution in [0.5, 0.6) is 0 Å². The Morgan fingerprint density at radius 2 is 2.18 bits per heavy atom. The highest BCUT2D eigenvalue weighted by atomic mass is 79.9. The summed E-state index contributed by atoms with van der Waals surface area (Å²) in [5, 5.41) is 11.0. The first-order valence-electron chi connectivity index (χ1n) is 4.71. The predicted octanol–water partition coefficient (Wildman–Crippen LogP) is 1.91. The van der Waals surface area contributed by atoms with Crippen LogP contribution in [0.4, 0.5) is 5.82 Å². The van der Waals surface area contributed by atoms with E-state index in [1.165, 1.54) is 0 Å². The van der Waals surface area contributed by atoms with Crippen molar-refractivity contribution in [3.8, 4) is 0 Å². The number of carbonyl (C=O) groups is 2. The minimum absolute atomic E-state index is 0.0831. The van der Waals surface area contributed by atoms with E-state index in [9.17, 15) is 9.59 Å². The van der Waals surface area contributed by atoms with E-state index in [-0.39, 0.29) is 17.4 Å². The number of nitrogens with zero attached hydrogens (tertiary/aromatic N) is 1. The molecule has 0 aliphatic heterocycles. The zero-order chi connectivity index (χ0) is 12.8. The molecule has 1 amide bonds. The maximum absolute atomic E-state index is 11.4. The Balaban J connectivity index is 2.45. The van der Waals surface area contributed by atoms with Crippen LogP contribution in [0.1, 0.15) is 5.69 Å². The minimum atomic E-state index is -0.930. The van der Waals surface area contributed by atoms with Gasteiger partial charge in [0.2, 0.25) is 5.91 Å². The number of aliphatic carboxylic acids is 1. The molecule has 0 aliphatic carbocycles. The number of aryl methyl sites for hydroxylation is 1. The van der Waals surface area contributed by atoms with Crippen molar-refractivity contribution in [3.05, 3.63) is 22.3 Å². The molecule has 5 nitrogen and oxygen atoms in total. The van der Waals surface area contributed by atoms with Gasteiger partial charge in [-0.15, -0.1) is 11.8 Å². The molecule has 1 heterocycles. The molecule has 7 heteroatoms. The van der Waals surface area contributed by atoms with Crippen LogP contribution >= 0.6 is 27.7 Å². The van der Waals surface area contributed by atoms with Gasteiger partial charge in [-0.1, -0.05) is 0 Å². The monoisotopic (exact) mass is 318 g/mol. The molecule has 0 unspecified atom stereocenters. The molecule has 0 bridgehead atoms. The quantitative estimate of drug-likeness (QED) is 0.867. The van der Waals surface area contributed by atoms with E-state index in [2.05, 4.69) is 26.2 Å². The van der Waals surface area contributed by atoms with Gasteiger partial charge in [0.15, 0.2) is 0 Å². The van der Waals surface area contributed by atoms with Crippen molar-refractivity contribution in [3.63, 3.8) is 0 Å². The van der Waals surface area contributed by atoms with E-state index in [1.807, 2.05) is 6.92 Å². The zero-order valence-corrected chi connectivity index (χ0v) is 11.5. The number of halogens is 1. The smallest absolute Gasteiger partial charge is 0.313 e. The third-order valence-corrected chi connectivity index (χ3v) is 3.50. The van der Waals surface area contributed by atoms with Gasteiger partial charge < -0.3 is 10.4 Å². The fraction of sp³-hybridized carbons (Fsp3) is 0.300. The molecule has 2 N–H and O–H groups in total. The highest BCUT2D eigenvalue weighted by Gasteiger charge is 2.06. The van der Waals surface area contributed by atoms with E-state index in [4.69, 9.17) is 5.11 Å². The van der Waals surface area contributed by atoms with Crippen molar-refractivity contribution in [2.75, 3.05) is 16.8 Å². The van der Waals surface area contributed by atoms with Gasteiger partial charge in [-0.25, -0.2) is 4.98 Å². The average Bonchev–Trinajstić information content (AvgIpc) is 2.23. The van der Waals surface area contributed by atoms with Gasteiger partial charge in [0.25, 0.3) is 0 Å². The third-order valence-electron chi connectivity index (χ3n) is 1.75. The van der Waals surface area contributed by atoms with Crippen molar-refractivity contribution in [1.82, 2.24) is 4.98 Å². The van der Waals surface area contributed by atoms with Crippen molar-refractivity contribution < 1.29 is 14.7 Å². The number of thioether (sulfide) groups is 1. The Hall–Kier alpha value is -1.08. The second-order valence-electron chi connectivity index (χ2n) is 3.20. The number of hydrogen-bond acceptors (Lipinski definition) is 4. The number of anilines is 1. The first kappa shape index (κ1) is 14.0. The lowest BCUT2D eigenvalue weighted by atomic mass is 10.4. The van der Waals surface area contributed by atoms with Gasteiger partial charge in [-0.2, -0.15) is 0 Å². The summed E-state index contributed by atoms with van der Waals surface area (Å²) in [7, 11) is 0. The van der Waals surface area contributed by atoms with Crippen LogP contribution < -0.4 is 5.32 Å². The molecule has 0 aliphatic rings. The summed E-state index contributed by atoms with van der Waals surface area (Å²) in [6, 6.07) is 3.47. The summed E-state index contributed by atoms with van der Waals surface area (Å²) in [5.74, 6) is -0.707. The van der Waals surface area contributed by atoms with Crippen molar-refractivity contribution >= 4 is 45.4 Å². The Morgan fingerprint density at radius 3 is 2.76 bits per heavy atom. The SMILES string of the molecule is Cc1nc(NC(=O)CSCC(=O)O)ccc1Br. The van der Waals surface area contributed by atoms with Crippen LogP contribution in [0, 0.1) is 6.92 Å². The first-order valence-corrected chi connectivity index (χ1v) is 6.66. The summed E-state index contributed by atoms with van der Waals surface area (Å²) in [4.78, 5) is 25.8. The normalized spacial score (nSPS) is 10.0. The molecule has 0 atom stereocenters. The van der Waals surface area contributed by atoms with E-state index in [0.717, 1.165) is 21.9 Å². The third kappa shape index (κ3) is 5.18. The highest BCUT2D eigenvalue weighted by Crippen LogP contribution is 2.16. The number of pyridine rings is 1. The van der Waals surface area contributed by atoms with Gasteiger partial charge >= 0.3 is 5.97 Å². The van der Waals surface area contributed by atoms with Crippen molar-refractivity contribution in [2.45, 2.75) is 6.92 Å². The number of rotatable bonds is 5. The number of carboxylic acid groups (broad SMARTS) is 1. The summed E-state index contributed by atoms with van der Waals surface area (Å²) in [6.07, 6.45) is 0. The lowest BCUT2D eigenvalue weighted by molar-refractivity contribution is -0.133. The van der Waals surface area contributed by atoms with Gasteiger partial charge in [0.1, 0.15) is 5.82 Å². The fourth-order valence-electron chi connectivity index (χ4n) is 1.02. The molecular weight excluding hydrogens is 308 g/mol. The van der Waals surface area contributed by atoms with Crippen LogP contribution in [0.3, 0.4) is 0 Å². The van der Waals surface area contributed by atoms with E-state index < -0.39 is 5.97 Å². The van der Waals surface area contributed by atoms with Gasteiger partial charge in [-0.05, 0) is 35.0 Å². The maximum atomic E-state index is 11.4. The van der Waals surface area contributed by atoms with E-state index in [0.29, 0.717) is 5.82 Å². The largest absolute Gasteiger partial charge is 0.481 e. The van der Waals surface area contributed by atoms with Crippen molar-refractivity contribution in [1.29, 1.82) is 0 Å². The molecule has 0 radical (unpaired) electrons.